The van der Waals surface area contributed by atoms with Crippen LogP contribution in [-0.2, 0) is 0 Å². The van der Waals surface area contributed by atoms with Crippen LogP contribution in [0.1, 0.15) is 0 Å². The largest absolute Gasteiger partial charge is 0.416 e. The lowest BCUT2D eigenvalue weighted by Gasteiger charge is -2.27. The first-order valence-electron chi connectivity index (χ1n) is 19.6. The minimum absolute atomic E-state index is 0.368. The van der Waals surface area contributed by atoms with Gasteiger partial charge in [-0.25, -0.2) is 0 Å². The van der Waals surface area contributed by atoms with Crippen LogP contribution in [0.15, 0.2) is 227 Å². The van der Waals surface area contributed by atoms with Gasteiger partial charge in [0, 0.05) is 56.4 Å². The summed E-state index contributed by atoms with van der Waals surface area (Å²) < 4.78 is 13.1. The van der Waals surface area contributed by atoms with Gasteiger partial charge in [-0.05, 0) is 108 Å². The number of benzene rings is 8. The third kappa shape index (κ3) is 7.21. The van der Waals surface area contributed by atoms with Gasteiger partial charge in [-0.3, -0.25) is 0 Å². The van der Waals surface area contributed by atoms with E-state index in [0.717, 1.165) is 67.5 Å². The van der Waals surface area contributed by atoms with E-state index in [0.29, 0.717) is 23.6 Å². The van der Waals surface area contributed by atoms with Crippen molar-refractivity contribution in [2.24, 2.45) is 0 Å². The molecule has 2 heterocycles. The third-order valence-electron chi connectivity index (χ3n) is 10.2. The number of aromatic nitrogens is 4. The quantitative estimate of drug-likeness (QED) is 0.128. The summed E-state index contributed by atoms with van der Waals surface area (Å²) >= 11 is 0. The average Bonchev–Trinajstić information content (AvgIpc) is 4.03. The fourth-order valence-corrected chi connectivity index (χ4v) is 7.43. The molecule has 10 aromatic rings. The first-order chi connectivity index (χ1) is 29.8. The van der Waals surface area contributed by atoms with Gasteiger partial charge in [0.05, 0.1) is 0 Å². The Balaban J connectivity index is 1.20. The lowest BCUT2D eigenvalue weighted by molar-refractivity contribution is 0.583. The van der Waals surface area contributed by atoms with Crippen LogP contribution in [0.5, 0.6) is 0 Å². The highest BCUT2D eigenvalue weighted by atomic mass is 16.4. The summed E-state index contributed by atoms with van der Waals surface area (Å²) in [6.07, 6.45) is 0. The second-order valence-electron chi connectivity index (χ2n) is 14.0. The standard InChI is InChI=1S/C52H36N6O2/c1-7-19-37(20-8-1)49-53-55-51(59-49)47-35-43(57(39-23-11-3-12-24-39)40-25-13-4-14-26-40)31-33-45(47)46-34-32-44(58(41-27-15-5-16-28-41)42-29-17-6-18-30-42)36-48(46)52-56-54-50(60-52)38-21-9-2-10-22-38/h1-36H. The monoisotopic (exact) mass is 776 g/mol. The van der Waals surface area contributed by atoms with Gasteiger partial charge in [0.25, 0.3) is 0 Å². The molecule has 0 aliphatic rings. The Bertz CT molecular complexity index is 2690. The minimum atomic E-state index is 0.368. The number of nitrogens with zero attached hydrogens (tertiary/aromatic N) is 6. The van der Waals surface area contributed by atoms with Gasteiger partial charge in [0.1, 0.15) is 0 Å². The Labute approximate surface area is 347 Å². The molecule has 0 amide bonds. The zero-order valence-corrected chi connectivity index (χ0v) is 32.3. The molecule has 60 heavy (non-hydrogen) atoms. The van der Waals surface area contributed by atoms with Crippen LogP contribution >= 0.6 is 0 Å². The zero-order chi connectivity index (χ0) is 40.1. The maximum Gasteiger partial charge on any atom is 0.248 e. The van der Waals surface area contributed by atoms with Crippen LogP contribution in [0.4, 0.5) is 34.1 Å². The van der Waals surface area contributed by atoms with Crippen LogP contribution < -0.4 is 9.80 Å². The summed E-state index contributed by atoms with van der Waals surface area (Å²) in [5.74, 6) is 1.58. The van der Waals surface area contributed by atoms with Crippen LogP contribution in [0, 0.1) is 0 Å². The number of hydrogen-bond acceptors (Lipinski definition) is 8. The molecule has 0 aliphatic carbocycles. The Hall–Kier alpha value is -8.36. The van der Waals surface area contributed by atoms with Gasteiger partial charge in [0.15, 0.2) is 0 Å². The molecule has 10 rings (SSSR count). The molecular weight excluding hydrogens is 741 g/mol. The van der Waals surface area contributed by atoms with E-state index in [4.69, 9.17) is 8.83 Å². The van der Waals surface area contributed by atoms with E-state index in [1.165, 1.54) is 0 Å². The second kappa shape index (κ2) is 16.2. The molecule has 0 N–H and O–H groups in total. The lowest BCUT2D eigenvalue weighted by Crippen LogP contribution is -2.10. The molecule has 0 fully saturated rings. The number of anilines is 6. The minimum Gasteiger partial charge on any atom is -0.416 e. The molecular formula is C52H36N6O2. The summed E-state index contributed by atoms with van der Waals surface area (Å²) in [7, 11) is 0. The van der Waals surface area contributed by atoms with Gasteiger partial charge in [0.2, 0.25) is 23.6 Å². The predicted octanol–water partition coefficient (Wildman–Crippen LogP) is 13.7. The van der Waals surface area contributed by atoms with Crippen LogP contribution in [0.3, 0.4) is 0 Å². The second-order valence-corrected chi connectivity index (χ2v) is 14.0. The Morgan fingerprint density at radius 1 is 0.250 bits per heavy atom. The molecule has 0 saturated heterocycles. The summed E-state index contributed by atoms with van der Waals surface area (Å²) in [6, 6.07) is 73.5. The summed E-state index contributed by atoms with van der Waals surface area (Å²) in [4.78, 5) is 4.43. The van der Waals surface area contributed by atoms with Crippen molar-refractivity contribution in [3.63, 3.8) is 0 Å². The van der Waals surface area contributed by atoms with E-state index in [2.05, 4.69) is 115 Å². The van der Waals surface area contributed by atoms with Crippen molar-refractivity contribution in [2.75, 3.05) is 9.80 Å². The van der Waals surface area contributed by atoms with E-state index in [9.17, 15) is 0 Å². The molecule has 0 spiro atoms. The highest BCUT2D eigenvalue weighted by molar-refractivity contribution is 5.93. The third-order valence-corrected chi connectivity index (χ3v) is 10.2. The molecule has 0 saturated carbocycles. The number of hydrogen-bond donors (Lipinski definition) is 0. The molecule has 8 nitrogen and oxygen atoms in total. The molecule has 286 valence electrons. The molecule has 0 bridgehead atoms. The van der Waals surface area contributed by atoms with E-state index in [-0.39, 0.29) is 0 Å². The van der Waals surface area contributed by atoms with Crippen LogP contribution in [0.2, 0.25) is 0 Å². The van der Waals surface area contributed by atoms with E-state index < -0.39 is 0 Å². The van der Waals surface area contributed by atoms with Crippen molar-refractivity contribution < 1.29 is 8.83 Å². The van der Waals surface area contributed by atoms with E-state index in [1.807, 2.05) is 133 Å². The van der Waals surface area contributed by atoms with Crippen LogP contribution in [-0.4, -0.2) is 20.4 Å². The smallest absolute Gasteiger partial charge is 0.248 e. The zero-order valence-electron chi connectivity index (χ0n) is 32.3. The summed E-state index contributed by atoms with van der Waals surface area (Å²) in [5, 5.41) is 18.4. The molecule has 8 aromatic carbocycles. The fraction of sp³-hybridized carbons (Fsp3) is 0. The van der Waals surface area contributed by atoms with Crippen LogP contribution in [0.25, 0.3) is 56.9 Å². The number of rotatable bonds is 11. The van der Waals surface area contributed by atoms with Gasteiger partial charge >= 0.3 is 0 Å². The Morgan fingerprint density at radius 3 is 0.850 bits per heavy atom. The first-order valence-corrected chi connectivity index (χ1v) is 19.6. The van der Waals surface area contributed by atoms with E-state index in [1.54, 1.807) is 0 Å². The summed E-state index contributed by atoms with van der Waals surface area (Å²) in [5.41, 5.74) is 10.6. The first kappa shape index (κ1) is 36.0. The van der Waals surface area contributed by atoms with Crippen molar-refractivity contribution in [1.82, 2.24) is 20.4 Å². The predicted molar refractivity (Wildman–Crippen MR) is 239 cm³/mol. The van der Waals surface area contributed by atoms with Crippen molar-refractivity contribution >= 4 is 34.1 Å². The van der Waals surface area contributed by atoms with E-state index >= 15 is 0 Å². The molecule has 0 unspecified atom stereocenters. The highest BCUT2D eigenvalue weighted by Crippen LogP contribution is 2.45. The van der Waals surface area contributed by atoms with Crippen molar-refractivity contribution in [3.05, 3.63) is 218 Å². The Morgan fingerprint density at radius 2 is 0.533 bits per heavy atom. The lowest BCUT2D eigenvalue weighted by atomic mass is 9.93. The highest BCUT2D eigenvalue weighted by Gasteiger charge is 2.25. The SMILES string of the molecule is c1ccc(-c2nnc(-c3cc(N(c4ccccc4)c4ccccc4)ccc3-c3ccc(N(c4ccccc4)c4ccccc4)cc3-c3nnc(-c4ccccc4)o3)o2)cc1. The molecule has 8 heteroatoms. The maximum absolute atomic E-state index is 6.55. The van der Waals surface area contributed by atoms with Gasteiger partial charge in [-0.15, -0.1) is 20.4 Å². The maximum atomic E-state index is 6.55. The van der Waals surface area contributed by atoms with Crippen molar-refractivity contribution in [2.45, 2.75) is 0 Å². The summed E-state index contributed by atoms with van der Waals surface area (Å²) in [6.45, 7) is 0. The van der Waals surface area contributed by atoms with Gasteiger partial charge in [-0.2, -0.15) is 0 Å². The molecule has 0 radical (unpaired) electrons. The molecule has 0 aliphatic heterocycles. The van der Waals surface area contributed by atoms with Crippen molar-refractivity contribution in [3.8, 4) is 56.9 Å². The molecule has 2 aromatic heterocycles. The topological polar surface area (TPSA) is 84.3 Å². The number of para-hydroxylation sites is 4. The van der Waals surface area contributed by atoms with Crippen molar-refractivity contribution in [1.29, 1.82) is 0 Å². The fourth-order valence-electron chi connectivity index (χ4n) is 7.43. The Kier molecular flexibility index (Phi) is 9.75. The van der Waals surface area contributed by atoms with Gasteiger partial charge < -0.3 is 18.6 Å². The normalized spacial score (nSPS) is 11.0. The molecule has 0 atom stereocenters. The average molecular weight is 777 g/mol. The van der Waals surface area contributed by atoms with Gasteiger partial charge in [-0.1, -0.05) is 121 Å².